The third kappa shape index (κ3) is 4.31. The fourth-order valence-electron chi connectivity index (χ4n) is 3.25. The van der Waals surface area contributed by atoms with Crippen molar-refractivity contribution in [1.82, 2.24) is 10.2 Å². The second kappa shape index (κ2) is 8.09. The highest BCUT2D eigenvalue weighted by Crippen LogP contribution is 2.37. The largest absolute Gasteiger partial charge is 0.410 e. The summed E-state index contributed by atoms with van der Waals surface area (Å²) in [5, 5.41) is 11.3. The van der Waals surface area contributed by atoms with Gasteiger partial charge in [-0.05, 0) is 62.8 Å². The molecule has 1 N–H and O–H groups in total. The molecule has 0 saturated heterocycles. The average molecular weight is 414 g/mol. The minimum absolute atomic E-state index is 0.0887. The van der Waals surface area contributed by atoms with Crippen molar-refractivity contribution >= 4 is 34.7 Å². The Morgan fingerprint density at radius 2 is 2.11 bits per heavy atom. The van der Waals surface area contributed by atoms with Gasteiger partial charge in [-0.15, -0.1) is 21.5 Å². The maximum absolute atomic E-state index is 12.4. The van der Waals surface area contributed by atoms with E-state index >= 15 is 0 Å². The summed E-state index contributed by atoms with van der Waals surface area (Å²) < 4.78 is 5.83. The van der Waals surface area contributed by atoms with Crippen LogP contribution in [0.15, 0.2) is 40.0 Å². The van der Waals surface area contributed by atoms with Crippen LogP contribution in [0.4, 0.5) is 5.69 Å². The number of thiophene rings is 1. The van der Waals surface area contributed by atoms with E-state index in [9.17, 15) is 4.79 Å². The van der Waals surface area contributed by atoms with E-state index in [1.807, 2.05) is 38.1 Å². The topological polar surface area (TPSA) is 68.0 Å². The van der Waals surface area contributed by atoms with E-state index in [1.165, 1.54) is 28.6 Å². The first kappa shape index (κ1) is 19.2. The Hall–Kier alpha value is -2.12. The highest BCUT2D eigenvalue weighted by atomic mass is 32.2. The summed E-state index contributed by atoms with van der Waals surface area (Å²) in [7, 11) is 0. The molecule has 2 aromatic heterocycles. The number of amides is 1. The number of carbonyl (C=O) groups is 1. The van der Waals surface area contributed by atoms with Crippen LogP contribution in [-0.2, 0) is 17.6 Å². The van der Waals surface area contributed by atoms with Crippen molar-refractivity contribution in [2.75, 3.05) is 5.32 Å². The molecular formula is C21H23N3O2S2. The standard InChI is InChI=1S/C21H23N3O2S2/c1-12-4-7-16(8-5-12)22-19(25)14(3)27-21-24-23-20(26-21)18-11-15-10-13(2)6-9-17(15)28-18/h4-5,7-8,11,13-14H,6,9-10H2,1-3H3,(H,22,25)/t13-,14-/m1/s1. The molecule has 4 rings (SSSR count). The molecule has 1 aromatic carbocycles. The zero-order valence-electron chi connectivity index (χ0n) is 16.2. The quantitative estimate of drug-likeness (QED) is 0.571. The molecule has 0 bridgehead atoms. The molecule has 0 fully saturated rings. The highest BCUT2D eigenvalue weighted by molar-refractivity contribution is 8.00. The molecule has 0 unspecified atom stereocenters. The Morgan fingerprint density at radius 3 is 2.89 bits per heavy atom. The Bertz CT molecular complexity index is 978. The molecular weight excluding hydrogens is 390 g/mol. The van der Waals surface area contributed by atoms with Gasteiger partial charge in [-0.1, -0.05) is 36.4 Å². The molecule has 2 heterocycles. The highest BCUT2D eigenvalue weighted by Gasteiger charge is 2.22. The van der Waals surface area contributed by atoms with Gasteiger partial charge >= 0.3 is 0 Å². The van der Waals surface area contributed by atoms with Crippen molar-refractivity contribution < 1.29 is 9.21 Å². The van der Waals surface area contributed by atoms with Crippen molar-refractivity contribution in [3.8, 4) is 10.8 Å². The number of aryl methyl sites for hydroxylation is 2. The first-order valence-corrected chi connectivity index (χ1v) is 11.2. The number of carbonyl (C=O) groups excluding carboxylic acids is 1. The van der Waals surface area contributed by atoms with Crippen LogP contribution in [0.5, 0.6) is 0 Å². The monoisotopic (exact) mass is 413 g/mol. The van der Waals surface area contributed by atoms with E-state index in [0.29, 0.717) is 11.1 Å². The summed E-state index contributed by atoms with van der Waals surface area (Å²) in [5.74, 6) is 1.19. The second-order valence-corrected chi connectivity index (χ2v) is 9.82. The number of hydrogen-bond donors (Lipinski definition) is 1. The van der Waals surface area contributed by atoms with Gasteiger partial charge in [0, 0.05) is 10.6 Å². The summed E-state index contributed by atoms with van der Waals surface area (Å²) in [4.78, 5) is 14.9. The number of thioether (sulfide) groups is 1. The maximum atomic E-state index is 12.4. The fourth-order valence-corrected chi connectivity index (χ4v) is 5.07. The zero-order valence-corrected chi connectivity index (χ0v) is 17.8. The zero-order chi connectivity index (χ0) is 19.7. The molecule has 28 heavy (non-hydrogen) atoms. The molecule has 146 valence electrons. The van der Waals surface area contributed by atoms with Crippen molar-refractivity contribution in [2.24, 2.45) is 5.92 Å². The maximum Gasteiger partial charge on any atom is 0.277 e. The van der Waals surface area contributed by atoms with Crippen LogP contribution in [0.1, 0.15) is 36.3 Å². The molecule has 0 spiro atoms. The van der Waals surface area contributed by atoms with E-state index < -0.39 is 0 Å². The molecule has 0 radical (unpaired) electrons. The molecule has 3 aromatic rings. The smallest absolute Gasteiger partial charge is 0.277 e. The fraction of sp³-hybridized carbons (Fsp3) is 0.381. The lowest BCUT2D eigenvalue weighted by Gasteiger charge is -2.16. The van der Waals surface area contributed by atoms with Gasteiger partial charge < -0.3 is 9.73 Å². The summed E-state index contributed by atoms with van der Waals surface area (Å²) in [6, 6.07) is 9.92. The molecule has 7 heteroatoms. The normalized spacial score (nSPS) is 17.2. The van der Waals surface area contributed by atoms with Gasteiger partial charge in [-0.3, -0.25) is 4.79 Å². The lowest BCUT2D eigenvalue weighted by molar-refractivity contribution is -0.115. The molecule has 2 atom stereocenters. The number of nitrogens with one attached hydrogen (secondary N) is 1. The summed E-state index contributed by atoms with van der Waals surface area (Å²) >= 11 is 3.02. The Balaban J connectivity index is 1.40. The van der Waals surface area contributed by atoms with Gasteiger partial charge in [0.1, 0.15) is 0 Å². The minimum atomic E-state index is -0.341. The van der Waals surface area contributed by atoms with Crippen molar-refractivity contribution in [2.45, 2.75) is 50.5 Å². The Kier molecular flexibility index (Phi) is 5.55. The molecule has 0 saturated carbocycles. The third-order valence-corrected chi connectivity index (χ3v) is 7.07. The van der Waals surface area contributed by atoms with Crippen LogP contribution in [0.25, 0.3) is 10.8 Å². The van der Waals surface area contributed by atoms with Gasteiger partial charge in [-0.25, -0.2) is 0 Å². The predicted molar refractivity (Wildman–Crippen MR) is 114 cm³/mol. The van der Waals surface area contributed by atoms with Crippen molar-refractivity contribution in [1.29, 1.82) is 0 Å². The van der Waals surface area contributed by atoms with Crippen LogP contribution in [0.2, 0.25) is 0 Å². The minimum Gasteiger partial charge on any atom is -0.410 e. The molecule has 1 aliphatic rings. The summed E-state index contributed by atoms with van der Waals surface area (Å²) in [6.45, 7) is 6.15. The number of rotatable bonds is 5. The number of nitrogens with zero attached hydrogens (tertiary/aromatic N) is 2. The lowest BCUT2D eigenvalue weighted by Crippen LogP contribution is -2.22. The van der Waals surface area contributed by atoms with Gasteiger partial charge in [0.25, 0.3) is 11.1 Å². The number of aromatic nitrogens is 2. The molecule has 5 nitrogen and oxygen atoms in total. The number of hydrogen-bond acceptors (Lipinski definition) is 6. The Labute approximate surface area is 173 Å². The third-order valence-electron chi connectivity index (χ3n) is 4.91. The van der Waals surface area contributed by atoms with Crippen molar-refractivity contribution in [3.63, 3.8) is 0 Å². The van der Waals surface area contributed by atoms with E-state index in [-0.39, 0.29) is 11.2 Å². The van der Waals surface area contributed by atoms with Gasteiger partial charge in [0.15, 0.2) is 0 Å². The summed E-state index contributed by atoms with van der Waals surface area (Å²) in [5.41, 5.74) is 3.35. The van der Waals surface area contributed by atoms with Crippen LogP contribution < -0.4 is 5.32 Å². The van der Waals surface area contributed by atoms with Crippen LogP contribution in [0.3, 0.4) is 0 Å². The second-order valence-electron chi connectivity index (χ2n) is 7.40. The Morgan fingerprint density at radius 1 is 1.32 bits per heavy atom. The van der Waals surface area contributed by atoms with Crippen molar-refractivity contribution in [3.05, 3.63) is 46.3 Å². The number of benzene rings is 1. The first-order chi connectivity index (χ1) is 13.5. The molecule has 0 aliphatic heterocycles. The summed E-state index contributed by atoms with van der Waals surface area (Å²) in [6.07, 6.45) is 3.50. The molecule has 1 amide bonds. The van der Waals surface area contributed by atoms with Crippen LogP contribution in [0, 0.1) is 12.8 Å². The van der Waals surface area contributed by atoms with Gasteiger partial charge in [0.2, 0.25) is 5.91 Å². The van der Waals surface area contributed by atoms with Gasteiger partial charge in [-0.2, -0.15) is 0 Å². The lowest BCUT2D eigenvalue weighted by atomic mass is 9.90. The van der Waals surface area contributed by atoms with Crippen LogP contribution in [-0.4, -0.2) is 21.4 Å². The van der Waals surface area contributed by atoms with E-state index in [1.54, 1.807) is 11.3 Å². The number of anilines is 1. The number of fused-ring (bicyclic) bond motifs is 1. The van der Waals surface area contributed by atoms with E-state index in [0.717, 1.165) is 34.9 Å². The average Bonchev–Trinajstić information content (AvgIpc) is 3.29. The molecule has 1 aliphatic carbocycles. The van der Waals surface area contributed by atoms with Crippen LogP contribution >= 0.6 is 23.1 Å². The SMILES string of the molecule is Cc1ccc(NC(=O)[C@@H](C)Sc2nnc(-c3cc4c(s3)CC[C@@H](C)C4)o2)cc1. The predicted octanol–water partition coefficient (Wildman–Crippen LogP) is 5.35. The van der Waals surface area contributed by atoms with E-state index in [4.69, 9.17) is 4.42 Å². The van der Waals surface area contributed by atoms with Gasteiger partial charge in [0.05, 0.1) is 10.1 Å². The van der Waals surface area contributed by atoms with E-state index in [2.05, 4.69) is 28.5 Å². The first-order valence-electron chi connectivity index (χ1n) is 9.47.